The highest BCUT2D eigenvalue weighted by molar-refractivity contribution is 9.11. The van der Waals surface area contributed by atoms with Gasteiger partial charge in [-0.2, -0.15) is 0 Å². The summed E-state index contributed by atoms with van der Waals surface area (Å²) in [5.74, 6) is 0. The minimum atomic E-state index is 0.360. The van der Waals surface area contributed by atoms with Crippen LogP contribution in [0.1, 0.15) is 43.7 Å². The summed E-state index contributed by atoms with van der Waals surface area (Å²) in [6, 6.07) is 0.360. The third kappa shape index (κ3) is 3.40. The van der Waals surface area contributed by atoms with Gasteiger partial charge in [-0.3, -0.25) is 0 Å². The van der Waals surface area contributed by atoms with Crippen molar-refractivity contribution in [3.63, 3.8) is 0 Å². The monoisotopic (exact) mass is 300 g/mol. The van der Waals surface area contributed by atoms with Crippen LogP contribution in [0.5, 0.6) is 0 Å². The molecule has 0 amide bonds. The first-order valence-corrected chi connectivity index (χ1v) is 7.39. The summed E-state index contributed by atoms with van der Waals surface area (Å²) >= 11 is 5.15. The molecular formula is C12H17BrN2S. The van der Waals surface area contributed by atoms with E-state index in [1.54, 1.807) is 16.9 Å². The topological polar surface area (TPSA) is 24.9 Å². The van der Waals surface area contributed by atoms with Crippen molar-refractivity contribution in [3.05, 3.63) is 26.6 Å². The first kappa shape index (κ1) is 12.3. The third-order valence-electron chi connectivity index (χ3n) is 2.90. The molecule has 1 aromatic heterocycles. The van der Waals surface area contributed by atoms with Crippen molar-refractivity contribution >= 4 is 27.3 Å². The molecule has 88 valence electrons. The van der Waals surface area contributed by atoms with Crippen LogP contribution in [-0.4, -0.2) is 11.5 Å². The Bertz CT molecular complexity index is 373. The number of hydrogen-bond donors (Lipinski definition) is 1. The number of thiazole rings is 1. The molecule has 1 aliphatic carbocycles. The second-order valence-corrected chi connectivity index (χ2v) is 6.62. The maximum absolute atomic E-state index is 4.36. The van der Waals surface area contributed by atoms with Crippen molar-refractivity contribution < 1.29 is 0 Å². The lowest BCUT2D eigenvalue weighted by atomic mass is 10.1. The molecule has 1 aromatic rings. The van der Waals surface area contributed by atoms with Crippen LogP contribution in [0.25, 0.3) is 0 Å². The highest BCUT2D eigenvalue weighted by Gasteiger charge is 2.10. The number of nitrogens with one attached hydrogen (secondary N) is 1. The van der Waals surface area contributed by atoms with Gasteiger partial charge in [0.05, 0.1) is 16.0 Å². The summed E-state index contributed by atoms with van der Waals surface area (Å²) in [5.41, 5.74) is 1.63. The zero-order valence-electron chi connectivity index (χ0n) is 9.50. The maximum atomic E-state index is 4.36. The number of hydrogen-bond acceptors (Lipinski definition) is 3. The Labute approximate surface area is 109 Å². The van der Waals surface area contributed by atoms with Gasteiger partial charge in [-0.25, -0.2) is 4.98 Å². The molecule has 16 heavy (non-hydrogen) atoms. The van der Waals surface area contributed by atoms with E-state index in [9.17, 15) is 0 Å². The van der Waals surface area contributed by atoms with Gasteiger partial charge < -0.3 is 5.32 Å². The molecule has 2 nitrogen and oxygen atoms in total. The quantitative estimate of drug-likeness (QED) is 0.830. The minimum Gasteiger partial charge on any atom is -0.308 e. The van der Waals surface area contributed by atoms with Gasteiger partial charge in [-0.15, -0.1) is 11.3 Å². The lowest BCUT2D eigenvalue weighted by molar-refractivity contribution is 0.570. The average Bonchev–Trinajstić information content (AvgIpc) is 2.89. The standard InChI is InChI=1S/C12H17BrN2S/c1-9(12-15-8-11(13)16-12)14-7-6-10-4-2-3-5-10/h4,8-9,14H,2-3,5-7H2,1H3. The number of allylic oxidation sites excluding steroid dienone is 1. The number of nitrogens with zero attached hydrogens (tertiary/aromatic N) is 1. The molecule has 4 heteroatoms. The molecule has 1 heterocycles. The summed E-state index contributed by atoms with van der Waals surface area (Å²) in [6.45, 7) is 3.23. The smallest absolute Gasteiger partial charge is 0.110 e. The largest absolute Gasteiger partial charge is 0.308 e. The van der Waals surface area contributed by atoms with Gasteiger partial charge in [-0.1, -0.05) is 11.6 Å². The van der Waals surface area contributed by atoms with E-state index < -0.39 is 0 Å². The summed E-state index contributed by atoms with van der Waals surface area (Å²) in [5, 5.41) is 4.68. The molecule has 1 unspecified atom stereocenters. The van der Waals surface area contributed by atoms with Gasteiger partial charge in [0.15, 0.2) is 0 Å². The van der Waals surface area contributed by atoms with Crippen molar-refractivity contribution in [2.45, 2.75) is 38.6 Å². The molecule has 1 atom stereocenters. The zero-order chi connectivity index (χ0) is 11.4. The summed E-state index contributed by atoms with van der Waals surface area (Å²) in [7, 11) is 0. The molecule has 2 rings (SSSR count). The molecule has 0 radical (unpaired) electrons. The molecule has 0 aliphatic heterocycles. The zero-order valence-corrected chi connectivity index (χ0v) is 11.9. The van der Waals surface area contributed by atoms with Crippen molar-refractivity contribution in [2.24, 2.45) is 0 Å². The van der Waals surface area contributed by atoms with Crippen molar-refractivity contribution in [3.8, 4) is 0 Å². The molecule has 0 aromatic carbocycles. The van der Waals surface area contributed by atoms with E-state index in [-0.39, 0.29) is 0 Å². The Hall–Kier alpha value is -0.190. The van der Waals surface area contributed by atoms with Crippen LogP contribution in [-0.2, 0) is 0 Å². The van der Waals surface area contributed by atoms with Gasteiger partial charge in [0.1, 0.15) is 5.01 Å². The third-order valence-corrected chi connectivity index (χ3v) is 4.56. The van der Waals surface area contributed by atoms with E-state index in [1.807, 2.05) is 6.20 Å². The van der Waals surface area contributed by atoms with Crippen LogP contribution in [0.2, 0.25) is 0 Å². The number of rotatable bonds is 5. The van der Waals surface area contributed by atoms with Crippen LogP contribution in [0.4, 0.5) is 0 Å². The van der Waals surface area contributed by atoms with Gasteiger partial charge >= 0.3 is 0 Å². The molecular weight excluding hydrogens is 284 g/mol. The first-order valence-electron chi connectivity index (χ1n) is 5.78. The van der Waals surface area contributed by atoms with E-state index in [1.165, 1.54) is 25.7 Å². The minimum absolute atomic E-state index is 0.360. The van der Waals surface area contributed by atoms with Gasteiger partial charge in [0.2, 0.25) is 0 Å². The normalized spacial score (nSPS) is 17.5. The van der Waals surface area contributed by atoms with Crippen LogP contribution in [0.3, 0.4) is 0 Å². The van der Waals surface area contributed by atoms with Crippen LogP contribution < -0.4 is 5.32 Å². The van der Waals surface area contributed by atoms with Crippen molar-refractivity contribution in [1.29, 1.82) is 0 Å². The molecule has 0 spiro atoms. The second kappa shape index (κ2) is 5.94. The van der Waals surface area contributed by atoms with E-state index in [4.69, 9.17) is 0 Å². The van der Waals surface area contributed by atoms with E-state index >= 15 is 0 Å². The predicted molar refractivity (Wildman–Crippen MR) is 72.8 cm³/mol. The van der Waals surface area contributed by atoms with Gasteiger partial charge in [-0.05, 0) is 55.1 Å². The van der Waals surface area contributed by atoms with E-state index in [0.29, 0.717) is 6.04 Å². The summed E-state index contributed by atoms with van der Waals surface area (Å²) in [6.07, 6.45) is 9.40. The lowest BCUT2D eigenvalue weighted by Gasteiger charge is -2.11. The van der Waals surface area contributed by atoms with Crippen molar-refractivity contribution in [2.75, 3.05) is 6.54 Å². The SMILES string of the molecule is CC(NCCC1=CCCC1)c1ncc(Br)s1. The highest BCUT2D eigenvalue weighted by atomic mass is 79.9. The molecule has 0 fully saturated rings. The Morgan fingerprint density at radius 1 is 1.62 bits per heavy atom. The Kier molecular flexibility index (Phi) is 4.55. The van der Waals surface area contributed by atoms with E-state index in [2.05, 4.69) is 39.2 Å². The van der Waals surface area contributed by atoms with E-state index in [0.717, 1.165) is 15.3 Å². The van der Waals surface area contributed by atoms with Crippen molar-refractivity contribution in [1.82, 2.24) is 10.3 Å². The Morgan fingerprint density at radius 2 is 2.50 bits per heavy atom. The molecule has 0 bridgehead atoms. The average molecular weight is 301 g/mol. The summed E-state index contributed by atoms with van der Waals surface area (Å²) < 4.78 is 1.11. The maximum Gasteiger partial charge on any atom is 0.110 e. The number of halogens is 1. The number of aromatic nitrogens is 1. The molecule has 0 saturated heterocycles. The highest BCUT2D eigenvalue weighted by Crippen LogP contribution is 2.24. The second-order valence-electron chi connectivity index (χ2n) is 4.18. The van der Waals surface area contributed by atoms with Crippen LogP contribution in [0.15, 0.2) is 21.6 Å². The molecule has 1 aliphatic rings. The predicted octanol–water partition coefficient (Wildman–Crippen LogP) is 4.06. The van der Waals surface area contributed by atoms with Crippen LogP contribution >= 0.6 is 27.3 Å². The van der Waals surface area contributed by atoms with Crippen LogP contribution in [0, 0.1) is 0 Å². The fraction of sp³-hybridized carbons (Fsp3) is 0.583. The lowest BCUT2D eigenvalue weighted by Crippen LogP contribution is -2.19. The fourth-order valence-electron chi connectivity index (χ4n) is 1.97. The first-order chi connectivity index (χ1) is 7.75. The fourth-order valence-corrected chi connectivity index (χ4v) is 3.24. The summed E-state index contributed by atoms with van der Waals surface area (Å²) in [4.78, 5) is 4.36. The molecule has 0 saturated carbocycles. The van der Waals surface area contributed by atoms with Gasteiger partial charge in [0, 0.05) is 0 Å². The molecule has 1 N–H and O–H groups in total. The van der Waals surface area contributed by atoms with Gasteiger partial charge in [0.25, 0.3) is 0 Å². The Balaban J connectivity index is 1.73. The Morgan fingerprint density at radius 3 is 3.12 bits per heavy atom.